The van der Waals surface area contributed by atoms with Gasteiger partial charge in [0.2, 0.25) is 5.91 Å². The zero-order valence-electron chi connectivity index (χ0n) is 13.2. The number of nitrogens with one attached hydrogen (secondary N) is 2. The average Bonchev–Trinajstić information content (AvgIpc) is 2.55. The molecule has 0 spiro atoms. The molecule has 1 aliphatic rings. The number of benzene rings is 1. The van der Waals surface area contributed by atoms with Crippen molar-refractivity contribution in [1.82, 2.24) is 10.6 Å². The molecule has 0 aliphatic carbocycles. The summed E-state index contributed by atoms with van der Waals surface area (Å²) in [6.07, 6.45) is 2.24. The summed E-state index contributed by atoms with van der Waals surface area (Å²) in [5.74, 6) is -0.333. The van der Waals surface area contributed by atoms with Gasteiger partial charge < -0.3 is 15.4 Å². The summed E-state index contributed by atoms with van der Waals surface area (Å²) >= 11 is 0. The van der Waals surface area contributed by atoms with E-state index in [2.05, 4.69) is 17.6 Å². The Hall–Kier alpha value is -1.46. The number of hydrogen-bond acceptors (Lipinski definition) is 3. The normalized spacial score (nSPS) is 17.2. The maximum Gasteiger partial charge on any atom is 0.230 e. The minimum absolute atomic E-state index is 0.0281. The number of amides is 1. The molecule has 2 N–H and O–H groups in total. The second-order valence-electron chi connectivity index (χ2n) is 5.71. The Morgan fingerprint density at radius 2 is 2.05 bits per heavy atom. The quantitative estimate of drug-likeness (QED) is 0.758. The molecular formula is C17H25FN2O2. The molecule has 5 heteroatoms. The second kappa shape index (κ2) is 8.25. The van der Waals surface area contributed by atoms with Crippen LogP contribution in [-0.2, 0) is 14.9 Å². The molecule has 1 aromatic carbocycles. The Morgan fingerprint density at radius 1 is 1.27 bits per heavy atom. The number of carbonyl (C=O) groups excluding carboxylic acids is 1. The summed E-state index contributed by atoms with van der Waals surface area (Å²) in [5, 5.41) is 6.25. The minimum Gasteiger partial charge on any atom is -0.381 e. The number of halogens is 1. The van der Waals surface area contributed by atoms with Gasteiger partial charge in [0.1, 0.15) is 5.82 Å². The Balaban J connectivity index is 2.07. The summed E-state index contributed by atoms with van der Waals surface area (Å²) in [7, 11) is 0. The molecule has 0 bridgehead atoms. The monoisotopic (exact) mass is 308 g/mol. The Labute approximate surface area is 131 Å². The van der Waals surface area contributed by atoms with Crippen LogP contribution in [0.3, 0.4) is 0 Å². The van der Waals surface area contributed by atoms with Crippen LogP contribution in [0, 0.1) is 5.82 Å². The van der Waals surface area contributed by atoms with Crippen LogP contribution in [0.5, 0.6) is 0 Å². The SMILES string of the molecule is CCCNCCNC(=O)C1(c2cccc(F)c2)CCOCC1. The van der Waals surface area contributed by atoms with E-state index < -0.39 is 5.41 Å². The third-order valence-electron chi connectivity index (χ3n) is 4.17. The first-order valence-electron chi connectivity index (χ1n) is 8.02. The Bertz CT molecular complexity index is 487. The lowest BCUT2D eigenvalue weighted by Crippen LogP contribution is -2.49. The van der Waals surface area contributed by atoms with Gasteiger partial charge in [0.05, 0.1) is 5.41 Å². The molecule has 0 aromatic heterocycles. The highest BCUT2D eigenvalue weighted by molar-refractivity contribution is 5.88. The fraction of sp³-hybridized carbons (Fsp3) is 0.588. The number of hydrogen-bond donors (Lipinski definition) is 2. The van der Waals surface area contributed by atoms with Gasteiger partial charge in [0, 0.05) is 26.3 Å². The van der Waals surface area contributed by atoms with Crippen molar-refractivity contribution in [3.63, 3.8) is 0 Å². The van der Waals surface area contributed by atoms with Crippen molar-refractivity contribution in [1.29, 1.82) is 0 Å². The maximum absolute atomic E-state index is 13.6. The van der Waals surface area contributed by atoms with Crippen LogP contribution in [0.4, 0.5) is 4.39 Å². The topological polar surface area (TPSA) is 50.4 Å². The molecular weight excluding hydrogens is 283 g/mol. The summed E-state index contributed by atoms with van der Waals surface area (Å²) < 4.78 is 19.0. The lowest BCUT2D eigenvalue weighted by atomic mass is 9.73. The molecule has 1 saturated heterocycles. The Morgan fingerprint density at radius 3 is 2.73 bits per heavy atom. The van der Waals surface area contributed by atoms with E-state index in [-0.39, 0.29) is 11.7 Å². The first kappa shape index (κ1) is 16.9. The number of ether oxygens (including phenoxy) is 1. The molecule has 1 aliphatic heterocycles. The van der Waals surface area contributed by atoms with E-state index in [1.54, 1.807) is 6.07 Å². The highest BCUT2D eigenvalue weighted by Gasteiger charge is 2.41. The van der Waals surface area contributed by atoms with E-state index in [9.17, 15) is 9.18 Å². The lowest BCUT2D eigenvalue weighted by Gasteiger charge is -2.36. The molecule has 0 radical (unpaired) electrons. The standard InChI is InChI=1S/C17H25FN2O2/c1-2-8-19-9-10-20-16(21)17(6-11-22-12-7-17)14-4-3-5-15(18)13-14/h3-5,13,19H,2,6-12H2,1H3,(H,20,21). The van der Waals surface area contributed by atoms with Gasteiger partial charge in [-0.2, -0.15) is 0 Å². The van der Waals surface area contributed by atoms with E-state index in [1.165, 1.54) is 12.1 Å². The van der Waals surface area contributed by atoms with Crippen molar-refractivity contribution in [2.75, 3.05) is 32.8 Å². The summed E-state index contributed by atoms with van der Waals surface area (Å²) in [6, 6.07) is 6.38. The van der Waals surface area contributed by atoms with Crippen LogP contribution in [0.2, 0.25) is 0 Å². The van der Waals surface area contributed by atoms with Crippen molar-refractivity contribution in [3.05, 3.63) is 35.6 Å². The van der Waals surface area contributed by atoms with Crippen LogP contribution in [0.1, 0.15) is 31.7 Å². The molecule has 1 amide bonds. The van der Waals surface area contributed by atoms with Crippen molar-refractivity contribution in [3.8, 4) is 0 Å². The van der Waals surface area contributed by atoms with Crippen LogP contribution in [0.25, 0.3) is 0 Å². The predicted octanol–water partition coefficient (Wildman–Crippen LogP) is 1.99. The van der Waals surface area contributed by atoms with E-state index in [0.29, 0.717) is 32.6 Å². The van der Waals surface area contributed by atoms with Gasteiger partial charge in [0.25, 0.3) is 0 Å². The Kier molecular flexibility index (Phi) is 6.34. The molecule has 1 heterocycles. The largest absolute Gasteiger partial charge is 0.381 e. The zero-order valence-corrected chi connectivity index (χ0v) is 13.2. The van der Waals surface area contributed by atoms with Gasteiger partial charge in [-0.1, -0.05) is 19.1 Å². The first-order chi connectivity index (χ1) is 10.7. The van der Waals surface area contributed by atoms with Crippen molar-refractivity contribution in [2.24, 2.45) is 0 Å². The number of rotatable bonds is 7. The number of carbonyl (C=O) groups is 1. The van der Waals surface area contributed by atoms with Crippen LogP contribution in [0.15, 0.2) is 24.3 Å². The van der Waals surface area contributed by atoms with Gasteiger partial charge in [-0.05, 0) is 43.5 Å². The van der Waals surface area contributed by atoms with Crippen molar-refractivity contribution in [2.45, 2.75) is 31.6 Å². The summed E-state index contributed by atoms with van der Waals surface area (Å²) in [5.41, 5.74) is 0.0697. The molecule has 22 heavy (non-hydrogen) atoms. The maximum atomic E-state index is 13.6. The molecule has 1 fully saturated rings. The van der Waals surface area contributed by atoms with Crippen molar-refractivity contribution >= 4 is 5.91 Å². The van der Waals surface area contributed by atoms with Gasteiger partial charge >= 0.3 is 0 Å². The van der Waals surface area contributed by atoms with E-state index in [4.69, 9.17) is 4.74 Å². The molecule has 1 aromatic rings. The van der Waals surface area contributed by atoms with E-state index >= 15 is 0 Å². The van der Waals surface area contributed by atoms with Crippen LogP contribution >= 0.6 is 0 Å². The highest BCUT2D eigenvalue weighted by Crippen LogP contribution is 2.35. The van der Waals surface area contributed by atoms with Crippen LogP contribution in [-0.4, -0.2) is 38.8 Å². The van der Waals surface area contributed by atoms with Gasteiger partial charge in [-0.15, -0.1) is 0 Å². The third-order valence-corrected chi connectivity index (χ3v) is 4.17. The average molecular weight is 308 g/mol. The van der Waals surface area contributed by atoms with Gasteiger partial charge in [0.15, 0.2) is 0 Å². The highest BCUT2D eigenvalue weighted by atomic mass is 19.1. The fourth-order valence-electron chi connectivity index (χ4n) is 2.89. The molecule has 0 unspecified atom stereocenters. The smallest absolute Gasteiger partial charge is 0.230 e. The van der Waals surface area contributed by atoms with E-state index in [1.807, 2.05) is 6.07 Å². The molecule has 2 rings (SSSR count). The van der Waals surface area contributed by atoms with Crippen LogP contribution < -0.4 is 10.6 Å². The summed E-state index contributed by atoms with van der Waals surface area (Å²) in [6.45, 7) is 5.42. The van der Waals surface area contributed by atoms with Crippen molar-refractivity contribution < 1.29 is 13.9 Å². The fourth-order valence-corrected chi connectivity index (χ4v) is 2.89. The van der Waals surface area contributed by atoms with Gasteiger partial charge in [-0.25, -0.2) is 4.39 Å². The first-order valence-corrected chi connectivity index (χ1v) is 8.02. The summed E-state index contributed by atoms with van der Waals surface area (Å²) in [4.78, 5) is 12.7. The lowest BCUT2D eigenvalue weighted by molar-refractivity contribution is -0.130. The molecule has 0 saturated carbocycles. The molecule has 122 valence electrons. The molecule has 4 nitrogen and oxygen atoms in total. The van der Waals surface area contributed by atoms with Gasteiger partial charge in [-0.3, -0.25) is 4.79 Å². The minimum atomic E-state index is -0.675. The zero-order chi connectivity index (χ0) is 15.8. The van der Waals surface area contributed by atoms with E-state index in [0.717, 1.165) is 25.1 Å². The third kappa shape index (κ3) is 4.05. The predicted molar refractivity (Wildman–Crippen MR) is 84.3 cm³/mol. The second-order valence-corrected chi connectivity index (χ2v) is 5.71. The molecule has 0 atom stereocenters.